The fourth-order valence-corrected chi connectivity index (χ4v) is 1.49. The van der Waals surface area contributed by atoms with Crippen molar-refractivity contribution in [3.05, 3.63) is 28.2 Å². The Morgan fingerprint density at radius 1 is 1.50 bits per heavy atom. The Hall–Kier alpha value is -1.56. The number of nitrogens with two attached hydrogens (primary N) is 1. The molecule has 0 aliphatic rings. The molecule has 1 aromatic carbocycles. The lowest BCUT2D eigenvalue weighted by Crippen LogP contribution is -2.30. The summed E-state index contributed by atoms with van der Waals surface area (Å²) in [5.41, 5.74) is 6.46. The summed E-state index contributed by atoms with van der Waals surface area (Å²) in [6.45, 7) is -0.170. The van der Waals surface area contributed by atoms with E-state index in [9.17, 15) is 9.59 Å². The zero-order valence-corrected chi connectivity index (χ0v) is 10.2. The molecule has 0 bridgehead atoms. The van der Waals surface area contributed by atoms with Gasteiger partial charge < -0.3 is 15.8 Å². The first-order valence-corrected chi connectivity index (χ1v) is 5.24. The van der Waals surface area contributed by atoms with Crippen molar-refractivity contribution in [2.24, 2.45) is 0 Å². The highest BCUT2D eigenvalue weighted by Gasteiger charge is 2.12. The van der Waals surface area contributed by atoms with Crippen LogP contribution in [-0.2, 0) is 9.53 Å². The van der Waals surface area contributed by atoms with E-state index < -0.39 is 5.97 Å². The number of nitrogens with one attached hydrogen (secondary N) is 1. The van der Waals surface area contributed by atoms with Crippen molar-refractivity contribution in [2.75, 3.05) is 19.4 Å². The second kappa shape index (κ2) is 5.50. The molecular formula is C10H11BrN2O3. The minimum atomic E-state index is -0.506. The van der Waals surface area contributed by atoms with E-state index in [0.717, 1.165) is 0 Å². The van der Waals surface area contributed by atoms with Crippen LogP contribution in [0.15, 0.2) is 22.7 Å². The number of rotatable bonds is 3. The highest BCUT2D eigenvalue weighted by atomic mass is 79.9. The van der Waals surface area contributed by atoms with Crippen molar-refractivity contribution >= 4 is 33.5 Å². The topological polar surface area (TPSA) is 81.4 Å². The number of hydrogen-bond acceptors (Lipinski definition) is 4. The Morgan fingerprint density at radius 3 is 2.81 bits per heavy atom. The zero-order valence-electron chi connectivity index (χ0n) is 8.62. The second-order valence-electron chi connectivity index (χ2n) is 2.97. The Bertz CT molecular complexity index is 421. The molecule has 3 N–H and O–H groups in total. The molecule has 0 radical (unpaired) electrons. The summed E-state index contributed by atoms with van der Waals surface area (Å²) < 4.78 is 4.91. The molecule has 86 valence electrons. The number of carbonyl (C=O) groups is 2. The minimum Gasteiger partial charge on any atom is -0.468 e. The van der Waals surface area contributed by atoms with Crippen LogP contribution in [0.25, 0.3) is 0 Å². The van der Waals surface area contributed by atoms with Gasteiger partial charge in [-0.25, -0.2) is 0 Å². The number of halogens is 1. The molecule has 0 atom stereocenters. The van der Waals surface area contributed by atoms with Crippen LogP contribution in [0.4, 0.5) is 5.69 Å². The molecule has 0 heterocycles. The average molecular weight is 287 g/mol. The molecule has 1 amide bonds. The molecule has 5 nitrogen and oxygen atoms in total. The number of nitrogen functional groups attached to an aromatic ring is 1. The highest BCUT2D eigenvalue weighted by molar-refractivity contribution is 9.10. The van der Waals surface area contributed by atoms with E-state index in [1.165, 1.54) is 7.11 Å². The third kappa shape index (κ3) is 2.96. The predicted octanol–water partition coefficient (Wildman–Crippen LogP) is 0.934. The first kappa shape index (κ1) is 12.5. The number of anilines is 1. The van der Waals surface area contributed by atoms with E-state index in [2.05, 4.69) is 26.0 Å². The number of amides is 1. The average Bonchev–Trinajstić information content (AvgIpc) is 2.29. The summed E-state index contributed by atoms with van der Waals surface area (Å²) >= 11 is 3.20. The largest absolute Gasteiger partial charge is 0.468 e. The van der Waals surface area contributed by atoms with Crippen molar-refractivity contribution in [3.63, 3.8) is 0 Å². The van der Waals surface area contributed by atoms with Gasteiger partial charge in [-0.2, -0.15) is 0 Å². The number of methoxy groups -OCH3 is 1. The maximum absolute atomic E-state index is 11.6. The van der Waals surface area contributed by atoms with Crippen LogP contribution < -0.4 is 11.1 Å². The fraction of sp³-hybridized carbons (Fsp3) is 0.200. The number of ether oxygens (including phenoxy) is 1. The SMILES string of the molecule is COC(=O)CNC(=O)c1cccc(N)c1Br. The Balaban J connectivity index is 2.74. The molecule has 0 saturated carbocycles. The summed E-state index contributed by atoms with van der Waals surface area (Å²) in [7, 11) is 1.25. The van der Waals surface area contributed by atoms with E-state index in [-0.39, 0.29) is 12.5 Å². The first-order valence-electron chi connectivity index (χ1n) is 4.45. The van der Waals surface area contributed by atoms with Crippen LogP contribution in [0.2, 0.25) is 0 Å². The van der Waals surface area contributed by atoms with Gasteiger partial charge in [0.05, 0.1) is 17.1 Å². The minimum absolute atomic E-state index is 0.170. The smallest absolute Gasteiger partial charge is 0.325 e. The van der Waals surface area contributed by atoms with Gasteiger partial charge in [-0.1, -0.05) is 6.07 Å². The van der Waals surface area contributed by atoms with Gasteiger partial charge in [0.15, 0.2) is 0 Å². The number of carbonyl (C=O) groups excluding carboxylic acids is 2. The van der Waals surface area contributed by atoms with Gasteiger partial charge in [0.1, 0.15) is 6.54 Å². The molecule has 0 aromatic heterocycles. The van der Waals surface area contributed by atoms with E-state index >= 15 is 0 Å². The molecule has 0 aliphatic carbocycles. The van der Waals surface area contributed by atoms with E-state index in [1.54, 1.807) is 18.2 Å². The quantitative estimate of drug-likeness (QED) is 0.640. The predicted molar refractivity (Wildman–Crippen MR) is 62.9 cm³/mol. The lowest BCUT2D eigenvalue weighted by molar-refractivity contribution is -0.139. The maximum Gasteiger partial charge on any atom is 0.325 e. The fourth-order valence-electron chi connectivity index (χ4n) is 1.05. The standard InChI is InChI=1S/C10H11BrN2O3/c1-16-8(14)5-13-10(15)6-3-2-4-7(12)9(6)11/h2-4H,5,12H2,1H3,(H,13,15). The zero-order chi connectivity index (χ0) is 12.1. The van der Waals surface area contributed by atoms with Crippen LogP contribution in [0, 0.1) is 0 Å². The maximum atomic E-state index is 11.6. The van der Waals surface area contributed by atoms with Crippen LogP contribution >= 0.6 is 15.9 Å². The summed E-state index contributed by atoms with van der Waals surface area (Å²) in [6, 6.07) is 4.93. The number of hydrogen-bond donors (Lipinski definition) is 2. The second-order valence-corrected chi connectivity index (χ2v) is 3.76. The molecule has 0 fully saturated rings. The van der Waals surface area contributed by atoms with Crippen molar-refractivity contribution in [1.82, 2.24) is 5.32 Å². The van der Waals surface area contributed by atoms with Crippen molar-refractivity contribution in [2.45, 2.75) is 0 Å². The molecule has 1 aromatic rings. The third-order valence-electron chi connectivity index (χ3n) is 1.89. The molecule has 6 heteroatoms. The highest BCUT2D eigenvalue weighted by Crippen LogP contribution is 2.23. The van der Waals surface area contributed by atoms with Gasteiger partial charge in [-0.3, -0.25) is 9.59 Å². The van der Waals surface area contributed by atoms with Crippen molar-refractivity contribution < 1.29 is 14.3 Å². The van der Waals surface area contributed by atoms with Crippen LogP contribution in [0.1, 0.15) is 10.4 Å². The summed E-state index contributed by atoms with van der Waals surface area (Å²) in [6.07, 6.45) is 0. The normalized spacial score (nSPS) is 9.62. The molecule has 1 rings (SSSR count). The Labute approximate surface area is 101 Å². The lowest BCUT2D eigenvalue weighted by Gasteiger charge is -2.07. The Morgan fingerprint density at radius 2 is 2.19 bits per heavy atom. The lowest BCUT2D eigenvalue weighted by atomic mass is 10.2. The van der Waals surface area contributed by atoms with Gasteiger partial charge in [0.2, 0.25) is 0 Å². The van der Waals surface area contributed by atoms with E-state index in [0.29, 0.717) is 15.7 Å². The van der Waals surface area contributed by atoms with Gasteiger partial charge in [0, 0.05) is 5.69 Å². The van der Waals surface area contributed by atoms with E-state index in [4.69, 9.17) is 5.73 Å². The number of benzene rings is 1. The molecule has 0 saturated heterocycles. The Kier molecular flexibility index (Phi) is 4.30. The first-order chi connectivity index (χ1) is 7.56. The van der Waals surface area contributed by atoms with Gasteiger partial charge in [0.25, 0.3) is 5.91 Å². The van der Waals surface area contributed by atoms with Crippen molar-refractivity contribution in [3.8, 4) is 0 Å². The third-order valence-corrected chi connectivity index (χ3v) is 2.78. The van der Waals surface area contributed by atoms with Crippen molar-refractivity contribution in [1.29, 1.82) is 0 Å². The summed E-state index contributed by atoms with van der Waals surface area (Å²) in [4.78, 5) is 22.5. The molecule has 0 spiro atoms. The van der Waals surface area contributed by atoms with Crippen LogP contribution in [0.3, 0.4) is 0 Å². The monoisotopic (exact) mass is 286 g/mol. The van der Waals surface area contributed by atoms with E-state index in [1.807, 2.05) is 0 Å². The summed E-state index contributed by atoms with van der Waals surface area (Å²) in [5.74, 6) is -0.891. The molecule has 16 heavy (non-hydrogen) atoms. The van der Waals surface area contributed by atoms with Gasteiger partial charge >= 0.3 is 5.97 Å². The summed E-state index contributed by atoms with van der Waals surface area (Å²) in [5, 5.41) is 2.42. The molecule has 0 unspecified atom stereocenters. The molecular weight excluding hydrogens is 276 g/mol. The van der Waals surface area contributed by atoms with Crippen LogP contribution in [0.5, 0.6) is 0 Å². The van der Waals surface area contributed by atoms with Crippen LogP contribution in [-0.4, -0.2) is 25.5 Å². The van der Waals surface area contributed by atoms with Gasteiger partial charge in [-0.05, 0) is 28.1 Å². The molecule has 0 aliphatic heterocycles. The number of esters is 1. The van der Waals surface area contributed by atoms with Gasteiger partial charge in [-0.15, -0.1) is 0 Å².